The second-order valence-electron chi connectivity index (χ2n) is 4.16. The van der Waals surface area contributed by atoms with Crippen LogP contribution >= 0.6 is 11.8 Å². The van der Waals surface area contributed by atoms with E-state index in [0.717, 1.165) is 0 Å². The second kappa shape index (κ2) is 4.63. The molecule has 106 valence electrons. The van der Waals surface area contributed by atoms with E-state index in [9.17, 15) is 15.2 Å². The topological polar surface area (TPSA) is 118 Å². The van der Waals surface area contributed by atoms with E-state index in [1.165, 1.54) is 23.9 Å². The van der Waals surface area contributed by atoms with Crippen molar-refractivity contribution in [2.24, 2.45) is 0 Å². The summed E-state index contributed by atoms with van der Waals surface area (Å²) in [6.07, 6.45) is 0. The smallest absolute Gasteiger partial charge is 0.269 e. The van der Waals surface area contributed by atoms with Crippen molar-refractivity contribution in [3.63, 3.8) is 0 Å². The van der Waals surface area contributed by atoms with Gasteiger partial charge in [-0.25, -0.2) is 0 Å². The van der Waals surface area contributed by atoms with E-state index in [4.69, 9.17) is 5.73 Å². The molecule has 3 N–H and O–H groups in total. The van der Waals surface area contributed by atoms with Crippen molar-refractivity contribution in [1.82, 2.24) is 9.97 Å². The molecule has 0 fully saturated rings. The van der Waals surface area contributed by atoms with Crippen LogP contribution in [0.4, 0.5) is 23.1 Å². The summed E-state index contributed by atoms with van der Waals surface area (Å²) in [4.78, 5) is 20.1. The van der Waals surface area contributed by atoms with Gasteiger partial charge in [-0.05, 0) is 12.1 Å². The van der Waals surface area contributed by atoms with Crippen LogP contribution in [0.1, 0.15) is 0 Å². The fourth-order valence-electron chi connectivity index (χ4n) is 1.96. The van der Waals surface area contributed by atoms with Crippen molar-refractivity contribution < 1.29 is 10.0 Å². The largest absolute Gasteiger partial charge is 0.492 e. The number of fused-ring (bicyclic) bond motifs is 1. The van der Waals surface area contributed by atoms with Crippen LogP contribution in [0, 0.1) is 10.1 Å². The van der Waals surface area contributed by atoms with E-state index < -0.39 is 4.92 Å². The standard InChI is InChI=1S/C12H9N5O3S/c1-6-16(7-2-4-8(5-3-7)17(19)20)10-9(21-6)11(18)15-12(13)14-10/h2-5H,1H2,(H3,13,14,15,18). The summed E-state index contributed by atoms with van der Waals surface area (Å²) >= 11 is 1.21. The van der Waals surface area contributed by atoms with Gasteiger partial charge >= 0.3 is 0 Å². The molecule has 2 heterocycles. The average molecular weight is 303 g/mol. The van der Waals surface area contributed by atoms with Crippen LogP contribution in [0.2, 0.25) is 0 Å². The van der Waals surface area contributed by atoms with Crippen molar-refractivity contribution in [3.05, 3.63) is 46.0 Å². The third-order valence-corrected chi connectivity index (χ3v) is 3.83. The summed E-state index contributed by atoms with van der Waals surface area (Å²) in [5.41, 5.74) is 6.17. The molecule has 0 aliphatic carbocycles. The number of non-ortho nitro benzene ring substituents is 1. The van der Waals surface area contributed by atoms with E-state index in [1.54, 1.807) is 17.0 Å². The zero-order valence-corrected chi connectivity index (χ0v) is 11.4. The highest BCUT2D eigenvalue weighted by molar-refractivity contribution is 8.03. The molecule has 0 atom stereocenters. The molecule has 0 saturated heterocycles. The van der Waals surface area contributed by atoms with Gasteiger partial charge in [-0.1, -0.05) is 18.3 Å². The number of hydrogen-bond donors (Lipinski definition) is 2. The van der Waals surface area contributed by atoms with Crippen molar-refractivity contribution in [2.75, 3.05) is 10.6 Å². The predicted molar refractivity (Wildman–Crippen MR) is 78.3 cm³/mol. The number of nitro benzene ring substituents is 1. The van der Waals surface area contributed by atoms with Crippen molar-refractivity contribution >= 4 is 34.9 Å². The fraction of sp³-hybridized carbons (Fsp3) is 0. The maximum Gasteiger partial charge on any atom is 0.269 e. The van der Waals surface area contributed by atoms with Gasteiger partial charge < -0.3 is 10.8 Å². The van der Waals surface area contributed by atoms with Gasteiger partial charge in [0.1, 0.15) is 4.90 Å². The monoisotopic (exact) mass is 303 g/mol. The Morgan fingerprint density at radius 3 is 2.62 bits per heavy atom. The minimum Gasteiger partial charge on any atom is -0.492 e. The van der Waals surface area contributed by atoms with Crippen molar-refractivity contribution in [3.8, 4) is 5.88 Å². The SMILES string of the molecule is C=C1Sc2c(O)nc(N)nc2N1c1ccc([N+](=O)[O-])cc1. The summed E-state index contributed by atoms with van der Waals surface area (Å²) in [6.45, 7) is 3.89. The minimum atomic E-state index is -0.475. The Balaban J connectivity index is 2.08. The number of nitrogens with two attached hydrogens (primary N) is 1. The molecule has 0 unspecified atom stereocenters. The molecule has 8 nitrogen and oxygen atoms in total. The highest BCUT2D eigenvalue weighted by atomic mass is 32.2. The van der Waals surface area contributed by atoms with Crippen molar-refractivity contribution in [2.45, 2.75) is 4.90 Å². The first-order valence-corrected chi connectivity index (χ1v) is 6.57. The Morgan fingerprint density at radius 2 is 2.00 bits per heavy atom. The number of anilines is 3. The molecule has 0 amide bonds. The summed E-state index contributed by atoms with van der Waals surface area (Å²) in [5.74, 6) is 0.130. The van der Waals surface area contributed by atoms with E-state index in [0.29, 0.717) is 21.4 Å². The maximum atomic E-state index is 10.7. The molecule has 3 rings (SSSR count). The van der Waals surface area contributed by atoms with E-state index in [1.807, 2.05) is 0 Å². The quantitative estimate of drug-likeness (QED) is 0.641. The molecular weight excluding hydrogens is 294 g/mol. The number of rotatable bonds is 2. The van der Waals surface area contributed by atoms with Gasteiger partial charge in [0.2, 0.25) is 11.8 Å². The molecule has 2 aromatic rings. The van der Waals surface area contributed by atoms with Crippen LogP contribution < -0.4 is 10.6 Å². The molecular formula is C12H9N5O3S. The number of aromatic nitrogens is 2. The van der Waals surface area contributed by atoms with Gasteiger partial charge in [0, 0.05) is 17.8 Å². The van der Waals surface area contributed by atoms with Gasteiger partial charge in [-0.3, -0.25) is 15.0 Å². The van der Waals surface area contributed by atoms with E-state index in [-0.39, 0.29) is 17.5 Å². The maximum absolute atomic E-state index is 10.7. The average Bonchev–Trinajstić information content (AvgIpc) is 2.75. The van der Waals surface area contributed by atoms with Gasteiger partial charge in [0.15, 0.2) is 5.82 Å². The first kappa shape index (κ1) is 13.2. The summed E-state index contributed by atoms with van der Waals surface area (Å²) < 4.78 is 0. The van der Waals surface area contributed by atoms with E-state index in [2.05, 4.69) is 16.5 Å². The van der Waals surface area contributed by atoms with Crippen LogP contribution in [-0.4, -0.2) is 20.0 Å². The highest BCUT2D eigenvalue weighted by Gasteiger charge is 2.31. The molecule has 1 aliphatic heterocycles. The highest BCUT2D eigenvalue weighted by Crippen LogP contribution is 2.51. The van der Waals surface area contributed by atoms with Crippen LogP contribution in [0.3, 0.4) is 0 Å². The summed E-state index contributed by atoms with van der Waals surface area (Å²) in [7, 11) is 0. The lowest BCUT2D eigenvalue weighted by atomic mass is 10.2. The first-order valence-electron chi connectivity index (χ1n) is 5.75. The molecule has 1 aliphatic rings. The molecule has 9 heteroatoms. The van der Waals surface area contributed by atoms with Gasteiger partial charge in [0.25, 0.3) is 5.69 Å². The molecule has 21 heavy (non-hydrogen) atoms. The Morgan fingerprint density at radius 1 is 1.33 bits per heavy atom. The number of nitro groups is 1. The van der Waals surface area contributed by atoms with E-state index >= 15 is 0 Å². The molecule has 0 saturated carbocycles. The van der Waals surface area contributed by atoms with Crippen LogP contribution in [0.25, 0.3) is 0 Å². The number of hydrogen-bond acceptors (Lipinski definition) is 8. The number of aromatic hydroxyl groups is 1. The lowest BCUT2D eigenvalue weighted by Crippen LogP contribution is -2.12. The van der Waals surface area contributed by atoms with Crippen LogP contribution in [0.15, 0.2) is 40.8 Å². The molecule has 0 spiro atoms. The second-order valence-corrected chi connectivity index (χ2v) is 5.25. The Labute approximate surface area is 123 Å². The number of thioether (sulfide) groups is 1. The third kappa shape index (κ3) is 2.13. The number of nitrogens with zero attached hydrogens (tertiary/aromatic N) is 4. The first-order chi connectivity index (χ1) is 9.97. The zero-order valence-electron chi connectivity index (χ0n) is 10.6. The van der Waals surface area contributed by atoms with Crippen LogP contribution in [0.5, 0.6) is 5.88 Å². The van der Waals surface area contributed by atoms with Gasteiger partial charge in [0.05, 0.1) is 9.95 Å². The van der Waals surface area contributed by atoms with Gasteiger partial charge in [-0.2, -0.15) is 9.97 Å². The Bertz CT molecular complexity index is 762. The normalized spacial score (nSPS) is 13.3. The molecule has 1 aromatic heterocycles. The van der Waals surface area contributed by atoms with Crippen LogP contribution in [-0.2, 0) is 0 Å². The minimum absolute atomic E-state index is 0.0125. The molecule has 0 bridgehead atoms. The van der Waals surface area contributed by atoms with Crippen molar-refractivity contribution in [1.29, 1.82) is 0 Å². The molecule has 0 radical (unpaired) electrons. The Hall–Kier alpha value is -2.81. The fourth-order valence-corrected chi connectivity index (χ4v) is 2.84. The number of benzene rings is 1. The Kier molecular flexibility index (Phi) is 2.91. The lowest BCUT2D eigenvalue weighted by molar-refractivity contribution is -0.384. The summed E-state index contributed by atoms with van der Waals surface area (Å²) in [6, 6.07) is 5.92. The lowest BCUT2D eigenvalue weighted by Gasteiger charge is -2.18. The molecule has 1 aromatic carbocycles. The predicted octanol–water partition coefficient (Wildman–Crippen LogP) is 2.39. The third-order valence-electron chi connectivity index (χ3n) is 2.85. The number of nitrogen functional groups attached to an aromatic ring is 1. The zero-order chi connectivity index (χ0) is 15.1. The van der Waals surface area contributed by atoms with Gasteiger partial charge in [-0.15, -0.1) is 0 Å². The summed E-state index contributed by atoms with van der Waals surface area (Å²) in [5, 5.41) is 21.1.